The van der Waals surface area contributed by atoms with E-state index in [1.165, 1.54) is 16.7 Å². The smallest absolute Gasteiger partial charge is 0.00881 e. The molecule has 0 fully saturated rings. The summed E-state index contributed by atoms with van der Waals surface area (Å²) in [4.78, 5) is 0. The minimum atomic E-state index is 1.10. The van der Waals surface area contributed by atoms with Gasteiger partial charge in [0.05, 0.1) is 0 Å². The number of hydrogen-bond donors (Lipinski definition) is 0. The molecule has 0 bridgehead atoms. The second kappa shape index (κ2) is 1.98. The van der Waals surface area contributed by atoms with Crippen molar-refractivity contribution in [2.45, 2.75) is 13.3 Å². The van der Waals surface area contributed by atoms with E-state index in [1.54, 1.807) is 0 Å². The Labute approximate surface area is 61.2 Å². The lowest BCUT2D eigenvalue weighted by molar-refractivity contribution is 1.28. The van der Waals surface area contributed by atoms with E-state index in [4.69, 9.17) is 0 Å². The van der Waals surface area contributed by atoms with Gasteiger partial charge in [-0.25, -0.2) is 0 Å². The van der Waals surface area contributed by atoms with Crippen LogP contribution in [0.15, 0.2) is 18.2 Å². The number of benzene rings is 1. The first-order valence-electron chi connectivity index (χ1n) is 3.54. The van der Waals surface area contributed by atoms with Crippen molar-refractivity contribution in [2.75, 3.05) is 0 Å². The van der Waals surface area contributed by atoms with Crippen molar-refractivity contribution in [1.29, 1.82) is 0 Å². The lowest BCUT2D eigenvalue weighted by Gasteiger charge is -1.97. The van der Waals surface area contributed by atoms with Crippen LogP contribution in [0.25, 0.3) is 6.08 Å². The van der Waals surface area contributed by atoms with Crippen LogP contribution in [-0.4, -0.2) is 0 Å². The standard InChI is InChI=1S/C10H9/c1-8-5-6-9-3-2-4-10(9)7-8/h2-3,6-7H,4H2,1H3. The number of fused-ring (bicyclic) bond motifs is 1. The zero-order valence-electron chi connectivity index (χ0n) is 6.02. The molecule has 1 aromatic rings. The number of hydrogen-bond acceptors (Lipinski definition) is 0. The van der Waals surface area contributed by atoms with Gasteiger partial charge in [-0.1, -0.05) is 18.2 Å². The minimum absolute atomic E-state index is 1.10. The average molecular weight is 129 g/mol. The lowest BCUT2D eigenvalue weighted by Crippen LogP contribution is -1.82. The van der Waals surface area contributed by atoms with E-state index in [1.807, 2.05) is 0 Å². The molecule has 0 spiro atoms. The maximum atomic E-state index is 3.18. The van der Waals surface area contributed by atoms with Gasteiger partial charge in [-0.15, -0.1) is 0 Å². The van der Waals surface area contributed by atoms with Gasteiger partial charge in [0.25, 0.3) is 0 Å². The molecule has 0 amide bonds. The minimum Gasteiger partial charge on any atom is -0.0795 e. The van der Waals surface area contributed by atoms with Crippen molar-refractivity contribution in [2.24, 2.45) is 0 Å². The molecular weight excluding hydrogens is 120 g/mol. The Bertz CT molecular complexity index is 282. The summed E-state index contributed by atoms with van der Waals surface area (Å²) in [6.45, 7) is 2.08. The molecular formula is C10H9. The van der Waals surface area contributed by atoms with Gasteiger partial charge in [0.1, 0.15) is 0 Å². The molecule has 1 aromatic carbocycles. The molecule has 0 heterocycles. The van der Waals surface area contributed by atoms with Gasteiger partial charge in [0.2, 0.25) is 0 Å². The fraction of sp³-hybridized carbons (Fsp3) is 0.200. The molecule has 0 nitrogen and oxygen atoms in total. The van der Waals surface area contributed by atoms with Gasteiger partial charge in [-0.3, -0.25) is 0 Å². The highest BCUT2D eigenvalue weighted by molar-refractivity contribution is 5.60. The van der Waals surface area contributed by atoms with Crippen LogP contribution >= 0.6 is 0 Å². The second-order valence-electron chi connectivity index (χ2n) is 2.70. The molecule has 0 heteroatoms. The van der Waals surface area contributed by atoms with E-state index in [-0.39, 0.29) is 0 Å². The highest BCUT2D eigenvalue weighted by atomic mass is 14.1. The van der Waals surface area contributed by atoms with Crippen molar-refractivity contribution in [3.8, 4) is 0 Å². The average Bonchev–Trinajstić information content (AvgIpc) is 2.33. The molecule has 2 rings (SSSR count). The summed E-state index contributed by atoms with van der Waals surface area (Å²) < 4.78 is 0. The lowest BCUT2D eigenvalue weighted by atomic mass is 10.1. The summed E-state index contributed by atoms with van der Waals surface area (Å²) in [5, 5.41) is 0. The van der Waals surface area contributed by atoms with Crippen molar-refractivity contribution < 1.29 is 0 Å². The fourth-order valence-electron chi connectivity index (χ4n) is 1.32. The van der Waals surface area contributed by atoms with Crippen LogP contribution in [-0.2, 0) is 6.42 Å². The second-order valence-corrected chi connectivity index (χ2v) is 2.70. The molecule has 0 N–H and O–H groups in total. The van der Waals surface area contributed by atoms with Crippen LogP contribution < -0.4 is 0 Å². The van der Waals surface area contributed by atoms with Gasteiger partial charge in [-0.05, 0) is 42.2 Å². The molecule has 1 radical (unpaired) electrons. The molecule has 10 heavy (non-hydrogen) atoms. The maximum absolute atomic E-state index is 3.18. The third-order valence-corrected chi connectivity index (χ3v) is 1.85. The van der Waals surface area contributed by atoms with E-state index in [9.17, 15) is 0 Å². The molecule has 0 unspecified atom stereocenters. The highest BCUT2D eigenvalue weighted by Gasteiger charge is 2.02. The Morgan fingerprint density at radius 3 is 3.30 bits per heavy atom. The monoisotopic (exact) mass is 129 g/mol. The zero-order chi connectivity index (χ0) is 6.97. The van der Waals surface area contributed by atoms with Crippen molar-refractivity contribution in [1.82, 2.24) is 0 Å². The first-order valence-corrected chi connectivity index (χ1v) is 3.54. The highest BCUT2D eigenvalue weighted by Crippen LogP contribution is 2.19. The largest absolute Gasteiger partial charge is 0.0795 e. The molecule has 0 atom stereocenters. The van der Waals surface area contributed by atoms with E-state index in [0.717, 1.165) is 6.42 Å². The Hall–Kier alpha value is -1.04. The SMILES string of the molecule is Cc1[c]cc2c(c1)CC=C2. The van der Waals surface area contributed by atoms with E-state index in [2.05, 4.69) is 37.3 Å². The van der Waals surface area contributed by atoms with E-state index >= 15 is 0 Å². The fourth-order valence-corrected chi connectivity index (χ4v) is 1.32. The molecule has 0 saturated carbocycles. The maximum Gasteiger partial charge on any atom is -0.00881 e. The Morgan fingerprint density at radius 2 is 2.40 bits per heavy atom. The predicted octanol–water partition coefficient (Wildman–Crippen LogP) is 2.36. The Kier molecular flexibility index (Phi) is 1.13. The number of allylic oxidation sites excluding steroid dienone is 1. The first kappa shape index (κ1) is 5.72. The summed E-state index contributed by atoms with van der Waals surface area (Å²) in [6, 6.07) is 7.45. The van der Waals surface area contributed by atoms with Crippen LogP contribution in [0.4, 0.5) is 0 Å². The van der Waals surface area contributed by atoms with Gasteiger partial charge >= 0.3 is 0 Å². The Balaban J connectivity index is 2.59. The van der Waals surface area contributed by atoms with E-state index in [0.29, 0.717) is 0 Å². The van der Waals surface area contributed by atoms with E-state index < -0.39 is 0 Å². The van der Waals surface area contributed by atoms with Gasteiger partial charge in [0, 0.05) is 0 Å². The quantitative estimate of drug-likeness (QED) is 0.504. The molecule has 1 aliphatic rings. The van der Waals surface area contributed by atoms with Crippen LogP contribution in [0.3, 0.4) is 0 Å². The number of aryl methyl sites for hydroxylation is 1. The van der Waals surface area contributed by atoms with Crippen molar-refractivity contribution in [3.05, 3.63) is 41.0 Å². The molecule has 0 saturated heterocycles. The molecule has 0 aliphatic heterocycles. The zero-order valence-corrected chi connectivity index (χ0v) is 6.02. The number of rotatable bonds is 0. The molecule has 49 valence electrons. The van der Waals surface area contributed by atoms with Crippen LogP contribution in [0.5, 0.6) is 0 Å². The first-order chi connectivity index (χ1) is 4.86. The molecule has 1 aliphatic carbocycles. The summed E-state index contributed by atoms with van der Waals surface area (Å²) in [5.41, 5.74) is 4.02. The van der Waals surface area contributed by atoms with Gasteiger partial charge < -0.3 is 0 Å². The van der Waals surface area contributed by atoms with Crippen molar-refractivity contribution in [3.63, 3.8) is 0 Å². The third kappa shape index (κ3) is 0.766. The Morgan fingerprint density at radius 1 is 1.50 bits per heavy atom. The third-order valence-electron chi connectivity index (χ3n) is 1.85. The summed E-state index contributed by atoms with van der Waals surface area (Å²) in [6.07, 6.45) is 5.45. The van der Waals surface area contributed by atoms with Crippen LogP contribution in [0, 0.1) is 13.0 Å². The summed E-state index contributed by atoms with van der Waals surface area (Å²) in [5.74, 6) is 0. The van der Waals surface area contributed by atoms with Crippen LogP contribution in [0.1, 0.15) is 16.7 Å². The predicted molar refractivity (Wildman–Crippen MR) is 42.8 cm³/mol. The van der Waals surface area contributed by atoms with Crippen molar-refractivity contribution >= 4 is 6.08 Å². The topological polar surface area (TPSA) is 0 Å². The molecule has 0 aromatic heterocycles. The normalized spacial score (nSPS) is 13.7. The summed E-state index contributed by atoms with van der Waals surface area (Å²) >= 11 is 0. The van der Waals surface area contributed by atoms with Gasteiger partial charge in [-0.2, -0.15) is 0 Å². The van der Waals surface area contributed by atoms with Crippen LogP contribution in [0.2, 0.25) is 0 Å². The summed E-state index contributed by atoms with van der Waals surface area (Å²) in [7, 11) is 0. The van der Waals surface area contributed by atoms with Gasteiger partial charge in [0.15, 0.2) is 0 Å².